The number of nitrogens with zero attached hydrogens (tertiary/aromatic N) is 1. The van der Waals surface area contributed by atoms with Crippen LogP contribution in [0.2, 0.25) is 0 Å². The minimum atomic E-state index is -0.176. The number of piperidine rings is 1. The maximum absolute atomic E-state index is 9.87. The summed E-state index contributed by atoms with van der Waals surface area (Å²) in [6.07, 6.45) is 3.91. The fourth-order valence-electron chi connectivity index (χ4n) is 3.07. The molecule has 3 atom stereocenters. The van der Waals surface area contributed by atoms with Crippen LogP contribution in [0.4, 0.5) is 0 Å². The molecule has 4 heteroatoms. The maximum atomic E-state index is 9.87. The highest BCUT2D eigenvalue weighted by atomic mass is 16.3. The number of aliphatic hydroxyl groups excluding tert-OH is 2. The number of rotatable bonds is 9. The van der Waals surface area contributed by atoms with Crippen molar-refractivity contribution in [2.45, 2.75) is 58.6 Å². The number of aliphatic hydroxyl groups is 2. The average molecular weight is 286 g/mol. The van der Waals surface area contributed by atoms with E-state index in [1.165, 1.54) is 6.42 Å². The molecule has 1 fully saturated rings. The molecule has 0 amide bonds. The van der Waals surface area contributed by atoms with Gasteiger partial charge in [0.2, 0.25) is 0 Å². The first-order chi connectivity index (χ1) is 9.55. The Labute approximate surface area is 124 Å². The zero-order chi connectivity index (χ0) is 15.0. The monoisotopic (exact) mass is 286 g/mol. The molecule has 1 rings (SSSR count). The SMILES string of the molecule is CCC(O)CC1CC(NCCC(C)C)CN(CCO)C1. The third-order valence-electron chi connectivity index (χ3n) is 4.26. The molecule has 0 spiro atoms. The second-order valence-corrected chi connectivity index (χ2v) is 6.72. The van der Waals surface area contributed by atoms with Gasteiger partial charge in [-0.3, -0.25) is 4.90 Å². The first kappa shape index (κ1) is 17.9. The van der Waals surface area contributed by atoms with Gasteiger partial charge in [-0.25, -0.2) is 0 Å². The highest BCUT2D eigenvalue weighted by molar-refractivity contribution is 4.84. The van der Waals surface area contributed by atoms with E-state index >= 15 is 0 Å². The van der Waals surface area contributed by atoms with Crippen molar-refractivity contribution in [1.82, 2.24) is 10.2 Å². The Bertz CT molecular complexity index is 249. The molecule has 0 aromatic heterocycles. The number of β-amino-alcohol motifs (C(OH)–C–C–N with tert-alkyl or cyclic N) is 1. The smallest absolute Gasteiger partial charge is 0.0558 e. The highest BCUT2D eigenvalue weighted by Gasteiger charge is 2.27. The van der Waals surface area contributed by atoms with E-state index in [4.69, 9.17) is 5.11 Å². The summed E-state index contributed by atoms with van der Waals surface area (Å²) in [5.41, 5.74) is 0. The number of nitrogens with one attached hydrogen (secondary N) is 1. The Kier molecular flexibility index (Phi) is 8.69. The molecule has 1 aliphatic rings. The Hall–Kier alpha value is -0.160. The first-order valence-corrected chi connectivity index (χ1v) is 8.29. The molecule has 0 saturated carbocycles. The predicted molar refractivity (Wildman–Crippen MR) is 83.8 cm³/mol. The lowest BCUT2D eigenvalue weighted by molar-refractivity contribution is 0.0746. The average Bonchev–Trinajstić information content (AvgIpc) is 2.38. The second kappa shape index (κ2) is 9.72. The van der Waals surface area contributed by atoms with Gasteiger partial charge in [-0.1, -0.05) is 20.8 Å². The molecule has 4 nitrogen and oxygen atoms in total. The third kappa shape index (κ3) is 7.02. The van der Waals surface area contributed by atoms with E-state index in [2.05, 4.69) is 24.1 Å². The summed E-state index contributed by atoms with van der Waals surface area (Å²) in [6.45, 7) is 10.6. The lowest BCUT2D eigenvalue weighted by atomic mass is 9.88. The molecule has 0 aromatic rings. The lowest BCUT2D eigenvalue weighted by Crippen LogP contribution is -2.50. The van der Waals surface area contributed by atoms with Gasteiger partial charge in [0, 0.05) is 25.7 Å². The second-order valence-electron chi connectivity index (χ2n) is 6.72. The zero-order valence-corrected chi connectivity index (χ0v) is 13.5. The quantitative estimate of drug-likeness (QED) is 0.601. The molecule has 3 unspecified atom stereocenters. The molecule has 120 valence electrons. The molecule has 3 N–H and O–H groups in total. The van der Waals surface area contributed by atoms with Crippen molar-refractivity contribution < 1.29 is 10.2 Å². The van der Waals surface area contributed by atoms with E-state index < -0.39 is 0 Å². The normalized spacial score (nSPS) is 26.1. The fourth-order valence-corrected chi connectivity index (χ4v) is 3.07. The van der Waals surface area contributed by atoms with Crippen LogP contribution in [-0.4, -0.2) is 60.0 Å². The molecule has 0 aliphatic carbocycles. The van der Waals surface area contributed by atoms with Crippen molar-refractivity contribution in [3.05, 3.63) is 0 Å². The van der Waals surface area contributed by atoms with E-state index in [9.17, 15) is 5.11 Å². The lowest BCUT2D eigenvalue weighted by Gasteiger charge is -2.38. The van der Waals surface area contributed by atoms with Gasteiger partial charge in [-0.05, 0) is 44.1 Å². The van der Waals surface area contributed by atoms with Crippen molar-refractivity contribution >= 4 is 0 Å². The molecule has 1 aliphatic heterocycles. The first-order valence-electron chi connectivity index (χ1n) is 8.29. The van der Waals surface area contributed by atoms with E-state index in [-0.39, 0.29) is 12.7 Å². The van der Waals surface area contributed by atoms with Crippen LogP contribution >= 0.6 is 0 Å². The van der Waals surface area contributed by atoms with Crippen molar-refractivity contribution in [1.29, 1.82) is 0 Å². The van der Waals surface area contributed by atoms with Crippen LogP contribution in [0, 0.1) is 11.8 Å². The number of hydrogen-bond acceptors (Lipinski definition) is 4. The summed E-state index contributed by atoms with van der Waals surface area (Å²) in [6, 6.07) is 0.503. The van der Waals surface area contributed by atoms with Crippen LogP contribution in [0.3, 0.4) is 0 Å². The van der Waals surface area contributed by atoms with Crippen LogP contribution in [0.25, 0.3) is 0 Å². The summed E-state index contributed by atoms with van der Waals surface area (Å²) in [4.78, 5) is 2.34. The molecule has 0 aromatic carbocycles. The minimum absolute atomic E-state index is 0.176. The van der Waals surface area contributed by atoms with E-state index in [0.29, 0.717) is 12.0 Å². The van der Waals surface area contributed by atoms with Gasteiger partial charge in [-0.15, -0.1) is 0 Å². The zero-order valence-electron chi connectivity index (χ0n) is 13.5. The van der Waals surface area contributed by atoms with E-state index in [1.807, 2.05) is 6.92 Å². The Morgan fingerprint density at radius 2 is 2.05 bits per heavy atom. The van der Waals surface area contributed by atoms with Gasteiger partial charge in [0.05, 0.1) is 12.7 Å². The largest absolute Gasteiger partial charge is 0.395 e. The Balaban J connectivity index is 2.43. The Morgan fingerprint density at radius 1 is 1.30 bits per heavy atom. The van der Waals surface area contributed by atoms with Crippen molar-refractivity contribution in [2.75, 3.05) is 32.8 Å². The maximum Gasteiger partial charge on any atom is 0.0558 e. The topological polar surface area (TPSA) is 55.7 Å². The van der Waals surface area contributed by atoms with Gasteiger partial charge in [-0.2, -0.15) is 0 Å². The summed E-state index contributed by atoms with van der Waals surface area (Å²) >= 11 is 0. The summed E-state index contributed by atoms with van der Waals surface area (Å²) in [5.74, 6) is 1.28. The molecule has 0 radical (unpaired) electrons. The summed E-state index contributed by atoms with van der Waals surface area (Å²) < 4.78 is 0. The molecule has 20 heavy (non-hydrogen) atoms. The molecular weight excluding hydrogens is 252 g/mol. The van der Waals surface area contributed by atoms with Gasteiger partial charge in [0.1, 0.15) is 0 Å². The van der Waals surface area contributed by atoms with Crippen LogP contribution in [0.15, 0.2) is 0 Å². The van der Waals surface area contributed by atoms with Crippen LogP contribution in [0.1, 0.15) is 46.5 Å². The highest BCUT2D eigenvalue weighted by Crippen LogP contribution is 2.22. The molecular formula is C16H34N2O2. The van der Waals surface area contributed by atoms with Crippen molar-refractivity contribution in [2.24, 2.45) is 11.8 Å². The molecule has 1 heterocycles. The summed E-state index contributed by atoms with van der Waals surface area (Å²) in [5, 5.41) is 22.7. The standard InChI is InChI=1S/C16H34N2O2/c1-4-16(20)10-14-9-15(17-6-5-13(2)3)12-18(11-14)7-8-19/h13-17,19-20H,4-12H2,1-3H3. The predicted octanol–water partition coefficient (Wildman–Crippen LogP) is 1.47. The van der Waals surface area contributed by atoms with E-state index in [0.717, 1.165) is 51.4 Å². The molecule has 0 bridgehead atoms. The summed E-state index contributed by atoms with van der Waals surface area (Å²) in [7, 11) is 0. The fraction of sp³-hybridized carbons (Fsp3) is 1.00. The number of hydrogen-bond donors (Lipinski definition) is 3. The van der Waals surface area contributed by atoms with Gasteiger partial charge < -0.3 is 15.5 Å². The van der Waals surface area contributed by atoms with Gasteiger partial charge >= 0.3 is 0 Å². The van der Waals surface area contributed by atoms with Crippen molar-refractivity contribution in [3.63, 3.8) is 0 Å². The van der Waals surface area contributed by atoms with Crippen LogP contribution in [0.5, 0.6) is 0 Å². The Morgan fingerprint density at radius 3 is 2.65 bits per heavy atom. The van der Waals surface area contributed by atoms with Gasteiger partial charge in [0.15, 0.2) is 0 Å². The third-order valence-corrected chi connectivity index (χ3v) is 4.26. The van der Waals surface area contributed by atoms with Crippen LogP contribution < -0.4 is 5.32 Å². The van der Waals surface area contributed by atoms with Crippen LogP contribution in [-0.2, 0) is 0 Å². The molecule has 1 saturated heterocycles. The van der Waals surface area contributed by atoms with Gasteiger partial charge in [0.25, 0.3) is 0 Å². The van der Waals surface area contributed by atoms with Crippen molar-refractivity contribution in [3.8, 4) is 0 Å². The minimum Gasteiger partial charge on any atom is -0.395 e. The number of likely N-dealkylation sites (tertiary alicyclic amines) is 1. The van der Waals surface area contributed by atoms with E-state index in [1.54, 1.807) is 0 Å².